The average Bonchev–Trinajstić information content (AvgIpc) is 3.12. The summed E-state index contributed by atoms with van der Waals surface area (Å²) in [5.74, 6) is 0.704. The van der Waals surface area contributed by atoms with E-state index in [1.165, 1.54) is 23.4 Å². The highest BCUT2D eigenvalue weighted by Gasteiger charge is 2.34. The van der Waals surface area contributed by atoms with Gasteiger partial charge in [-0.15, -0.1) is 0 Å². The molecule has 1 aliphatic heterocycles. The largest absolute Gasteiger partial charge is 0.496 e. The summed E-state index contributed by atoms with van der Waals surface area (Å²) in [5.41, 5.74) is 1.61. The summed E-state index contributed by atoms with van der Waals surface area (Å²) in [7, 11) is -1.94. The van der Waals surface area contributed by atoms with Crippen molar-refractivity contribution in [1.29, 1.82) is 0 Å². The number of carbonyl (C=O) groups is 1. The van der Waals surface area contributed by atoms with E-state index >= 15 is 0 Å². The van der Waals surface area contributed by atoms with Gasteiger partial charge < -0.3 is 10.1 Å². The van der Waals surface area contributed by atoms with Crippen LogP contribution in [0.3, 0.4) is 0 Å². The highest BCUT2D eigenvalue weighted by atomic mass is 32.2. The van der Waals surface area contributed by atoms with Gasteiger partial charge in [0, 0.05) is 31.6 Å². The van der Waals surface area contributed by atoms with Gasteiger partial charge in [-0.25, -0.2) is 8.42 Å². The van der Waals surface area contributed by atoms with Crippen molar-refractivity contribution in [2.75, 3.05) is 25.5 Å². The molecule has 1 heterocycles. The lowest BCUT2D eigenvalue weighted by molar-refractivity contribution is -0.114. The number of methoxy groups -OCH3 is 1. The van der Waals surface area contributed by atoms with E-state index in [0.29, 0.717) is 18.8 Å². The Balaban J connectivity index is 1.78. The van der Waals surface area contributed by atoms with Crippen LogP contribution >= 0.6 is 0 Å². The Bertz CT molecular complexity index is 894. The molecular weight excluding hydrogens is 352 g/mol. The number of benzene rings is 2. The zero-order chi connectivity index (χ0) is 18.7. The first-order valence-electron chi connectivity index (χ1n) is 8.42. The van der Waals surface area contributed by atoms with Gasteiger partial charge in [0.05, 0.1) is 12.0 Å². The minimum Gasteiger partial charge on any atom is -0.496 e. The van der Waals surface area contributed by atoms with Crippen LogP contribution in [0.5, 0.6) is 5.75 Å². The molecule has 1 saturated heterocycles. The van der Waals surface area contributed by atoms with Gasteiger partial charge in [-0.2, -0.15) is 4.31 Å². The van der Waals surface area contributed by atoms with Crippen LogP contribution < -0.4 is 10.1 Å². The third kappa shape index (κ3) is 3.73. The number of nitrogens with one attached hydrogen (secondary N) is 1. The molecular formula is C19H22N2O4S. The van der Waals surface area contributed by atoms with Crippen molar-refractivity contribution in [1.82, 2.24) is 4.31 Å². The van der Waals surface area contributed by atoms with Crippen molar-refractivity contribution < 1.29 is 17.9 Å². The molecule has 6 nitrogen and oxygen atoms in total. The fourth-order valence-corrected chi connectivity index (χ4v) is 4.77. The molecule has 0 unspecified atom stereocenters. The van der Waals surface area contributed by atoms with Crippen molar-refractivity contribution in [2.24, 2.45) is 0 Å². The third-order valence-electron chi connectivity index (χ3n) is 4.54. The molecule has 2 aromatic carbocycles. The van der Waals surface area contributed by atoms with E-state index in [-0.39, 0.29) is 16.7 Å². The second kappa shape index (κ2) is 7.47. The zero-order valence-corrected chi connectivity index (χ0v) is 15.6. The molecule has 0 aliphatic carbocycles. The summed E-state index contributed by atoms with van der Waals surface area (Å²) in [6.45, 7) is 2.31. The standard InChI is InChI=1S/C19H22N2O4S/c1-14(22)20-16-7-9-17(10-8-16)26(23,24)21-12-11-15(13-21)18-5-3-4-6-19(18)25-2/h3-10,15H,11-13H2,1-2H3,(H,20,22)/t15-/m0/s1. The van der Waals surface area contributed by atoms with Crippen LogP contribution in [0.1, 0.15) is 24.8 Å². The van der Waals surface area contributed by atoms with Crippen LogP contribution in [-0.2, 0) is 14.8 Å². The summed E-state index contributed by atoms with van der Waals surface area (Å²) < 4.78 is 32.7. The van der Waals surface area contributed by atoms with E-state index in [1.54, 1.807) is 19.2 Å². The third-order valence-corrected chi connectivity index (χ3v) is 6.42. The molecule has 0 bridgehead atoms. The molecule has 26 heavy (non-hydrogen) atoms. The summed E-state index contributed by atoms with van der Waals surface area (Å²) in [4.78, 5) is 11.3. The maximum absolute atomic E-state index is 12.9. The normalized spacial score (nSPS) is 17.8. The molecule has 1 N–H and O–H groups in total. The lowest BCUT2D eigenvalue weighted by atomic mass is 9.97. The molecule has 1 amide bonds. The number of rotatable bonds is 5. The fraction of sp³-hybridized carbons (Fsp3) is 0.316. The number of ether oxygens (including phenoxy) is 1. The number of para-hydroxylation sites is 1. The summed E-state index contributed by atoms with van der Waals surface area (Å²) in [6, 6.07) is 14.0. The van der Waals surface area contributed by atoms with Crippen molar-refractivity contribution in [3.8, 4) is 5.75 Å². The van der Waals surface area contributed by atoms with Crippen molar-refractivity contribution in [3.63, 3.8) is 0 Å². The molecule has 0 saturated carbocycles. The van der Waals surface area contributed by atoms with Gasteiger partial charge in [-0.05, 0) is 42.3 Å². The second-order valence-electron chi connectivity index (χ2n) is 6.30. The molecule has 1 atom stereocenters. The maximum Gasteiger partial charge on any atom is 0.243 e. The van der Waals surface area contributed by atoms with Crippen LogP contribution in [0.4, 0.5) is 5.69 Å². The van der Waals surface area contributed by atoms with Gasteiger partial charge in [-0.1, -0.05) is 18.2 Å². The van der Waals surface area contributed by atoms with Crippen molar-refractivity contribution in [2.45, 2.75) is 24.2 Å². The first-order valence-corrected chi connectivity index (χ1v) is 9.86. The van der Waals surface area contributed by atoms with E-state index in [4.69, 9.17) is 4.74 Å². The SMILES string of the molecule is COc1ccccc1[C@H]1CCN(S(=O)(=O)c2ccc(NC(C)=O)cc2)C1. The van der Waals surface area contributed by atoms with Crippen molar-refractivity contribution in [3.05, 3.63) is 54.1 Å². The Labute approximate surface area is 153 Å². The van der Waals surface area contributed by atoms with Crippen LogP contribution in [0.25, 0.3) is 0 Å². The molecule has 3 rings (SSSR count). The first kappa shape index (κ1) is 18.4. The average molecular weight is 374 g/mol. The smallest absolute Gasteiger partial charge is 0.243 e. The van der Waals surface area contributed by atoms with Crippen molar-refractivity contribution >= 4 is 21.6 Å². The molecule has 1 fully saturated rings. The monoisotopic (exact) mass is 374 g/mol. The van der Waals surface area contributed by atoms with Crippen LogP contribution in [0.2, 0.25) is 0 Å². The second-order valence-corrected chi connectivity index (χ2v) is 8.23. The minimum absolute atomic E-state index is 0.111. The molecule has 1 aliphatic rings. The number of hydrogen-bond donors (Lipinski definition) is 1. The maximum atomic E-state index is 12.9. The number of nitrogens with zero attached hydrogens (tertiary/aromatic N) is 1. The van der Waals surface area contributed by atoms with E-state index in [0.717, 1.165) is 17.7 Å². The number of amides is 1. The van der Waals surface area contributed by atoms with Gasteiger partial charge >= 0.3 is 0 Å². The van der Waals surface area contributed by atoms with Crippen LogP contribution in [0, 0.1) is 0 Å². The zero-order valence-electron chi connectivity index (χ0n) is 14.8. The Morgan fingerprint density at radius 3 is 2.50 bits per heavy atom. The van der Waals surface area contributed by atoms with Gasteiger partial charge in [0.2, 0.25) is 15.9 Å². The topological polar surface area (TPSA) is 75.7 Å². The van der Waals surface area contributed by atoms with Gasteiger partial charge in [0.1, 0.15) is 5.75 Å². The summed E-state index contributed by atoms with van der Waals surface area (Å²) in [5, 5.41) is 2.63. The Morgan fingerprint density at radius 2 is 1.85 bits per heavy atom. The Morgan fingerprint density at radius 1 is 1.15 bits per heavy atom. The van der Waals surface area contributed by atoms with E-state index in [1.807, 2.05) is 24.3 Å². The molecule has 2 aromatic rings. The Hall–Kier alpha value is -2.38. The quantitative estimate of drug-likeness (QED) is 0.873. The predicted molar refractivity (Wildman–Crippen MR) is 99.9 cm³/mol. The molecule has 0 aromatic heterocycles. The fourth-order valence-electron chi connectivity index (χ4n) is 3.27. The lowest BCUT2D eigenvalue weighted by Crippen LogP contribution is -2.28. The van der Waals surface area contributed by atoms with Gasteiger partial charge in [0.15, 0.2) is 0 Å². The lowest BCUT2D eigenvalue weighted by Gasteiger charge is -2.18. The number of hydrogen-bond acceptors (Lipinski definition) is 4. The predicted octanol–water partition coefficient (Wildman–Crippen LogP) is 2.83. The minimum atomic E-state index is -3.56. The highest BCUT2D eigenvalue weighted by Crippen LogP contribution is 2.35. The van der Waals surface area contributed by atoms with E-state index in [2.05, 4.69) is 5.32 Å². The van der Waals surface area contributed by atoms with Crippen LogP contribution in [-0.4, -0.2) is 38.8 Å². The molecule has 0 radical (unpaired) electrons. The van der Waals surface area contributed by atoms with E-state index in [9.17, 15) is 13.2 Å². The highest BCUT2D eigenvalue weighted by molar-refractivity contribution is 7.89. The van der Waals surface area contributed by atoms with E-state index < -0.39 is 10.0 Å². The molecule has 7 heteroatoms. The summed E-state index contributed by atoms with van der Waals surface area (Å²) >= 11 is 0. The molecule has 138 valence electrons. The number of carbonyl (C=O) groups excluding carboxylic acids is 1. The first-order chi connectivity index (χ1) is 12.4. The van der Waals surface area contributed by atoms with Gasteiger partial charge in [0.25, 0.3) is 0 Å². The summed E-state index contributed by atoms with van der Waals surface area (Å²) in [6.07, 6.45) is 0.754. The molecule has 0 spiro atoms. The number of anilines is 1. The Kier molecular flexibility index (Phi) is 5.29. The van der Waals surface area contributed by atoms with Crippen LogP contribution in [0.15, 0.2) is 53.4 Å². The number of sulfonamides is 1. The van der Waals surface area contributed by atoms with Gasteiger partial charge in [-0.3, -0.25) is 4.79 Å².